The van der Waals surface area contributed by atoms with Crippen LogP contribution in [0.3, 0.4) is 0 Å². The third-order valence-electron chi connectivity index (χ3n) is 7.49. The molecular weight excluding hydrogens is 496 g/mol. The van der Waals surface area contributed by atoms with E-state index in [1.165, 1.54) is 12.1 Å². The third-order valence-corrected chi connectivity index (χ3v) is 9.24. The van der Waals surface area contributed by atoms with Crippen LogP contribution in [0.5, 0.6) is 0 Å². The Morgan fingerprint density at radius 3 is 2.11 bits per heavy atom. The molecule has 0 fully saturated rings. The number of sulfonamides is 1. The molecule has 7 heteroatoms. The Balaban J connectivity index is 1.49. The maximum atomic E-state index is 14.3. The highest BCUT2D eigenvalue weighted by molar-refractivity contribution is 7.93. The summed E-state index contributed by atoms with van der Waals surface area (Å²) in [6.45, 7) is 2.23. The second-order valence-electron chi connectivity index (χ2n) is 9.93. The van der Waals surface area contributed by atoms with E-state index in [0.29, 0.717) is 17.8 Å². The first-order valence-electron chi connectivity index (χ1n) is 12.5. The van der Waals surface area contributed by atoms with Crippen molar-refractivity contribution in [2.75, 3.05) is 9.21 Å². The largest absolute Gasteiger partial charge is 0.307 e. The fourth-order valence-corrected chi connectivity index (χ4v) is 7.11. The summed E-state index contributed by atoms with van der Waals surface area (Å²) in [5.41, 5.74) is 3.10. The molecule has 2 amide bonds. The van der Waals surface area contributed by atoms with E-state index in [-0.39, 0.29) is 23.6 Å². The zero-order valence-electron chi connectivity index (χ0n) is 20.9. The molecule has 4 aromatic rings. The minimum absolute atomic E-state index is 0.0334. The number of para-hydroxylation sites is 2. The SMILES string of the molecule is Cc1ccc(S(=O)(=O)N2C(=O)C[C@]3(Cc4ccccc42)C(=O)N(Cc2ccccc2)c2ccccc23)cc1. The molecule has 6 nitrogen and oxygen atoms in total. The molecule has 190 valence electrons. The summed E-state index contributed by atoms with van der Waals surface area (Å²) in [5, 5.41) is 0. The van der Waals surface area contributed by atoms with Crippen molar-refractivity contribution in [2.24, 2.45) is 0 Å². The van der Waals surface area contributed by atoms with E-state index in [0.717, 1.165) is 26.7 Å². The Morgan fingerprint density at radius 1 is 0.737 bits per heavy atom. The molecule has 0 aromatic heterocycles. The van der Waals surface area contributed by atoms with Crippen LogP contribution in [0.25, 0.3) is 0 Å². The van der Waals surface area contributed by atoms with Crippen molar-refractivity contribution in [2.45, 2.75) is 36.6 Å². The molecule has 6 rings (SSSR count). The van der Waals surface area contributed by atoms with Crippen molar-refractivity contribution in [1.82, 2.24) is 0 Å². The van der Waals surface area contributed by atoms with Crippen LogP contribution < -0.4 is 9.21 Å². The van der Waals surface area contributed by atoms with Crippen molar-refractivity contribution in [1.29, 1.82) is 0 Å². The number of anilines is 2. The van der Waals surface area contributed by atoms with Gasteiger partial charge in [-0.3, -0.25) is 9.59 Å². The number of benzene rings is 4. The predicted octanol–water partition coefficient (Wildman–Crippen LogP) is 5.15. The lowest BCUT2D eigenvalue weighted by Crippen LogP contribution is -2.45. The summed E-state index contributed by atoms with van der Waals surface area (Å²) in [4.78, 5) is 30.1. The first-order valence-corrected chi connectivity index (χ1v) is 13.9. The first kappa shape index (κ1) is 24.1. The van der Waals surface area contributed by atoms with E-state index in [2.05, 4.69) is 0 Å². The van der Waals surface area contributed by atoms with E-state index in [4.69, 9.17) is 0 Å². The highest BCUT2D eigenvalue weighted by Gasteiger charge is 2.55. The molecule has 0 radical (unpaired) electrons. The monoisotopic (exact) mass is 522 g/mol. The van der Waals surface area contributed by atoms with Gasteiger partial charge in [-0.05, 0) is 54.3 Å². The normalized spacial score (nSPS) is 18.9. The number of carbonyl (C=O) groups excluding carboxylic acids is 2. The van der Waals surface area contributed by atoms with Gasteiger partial charge < -0.3 is 4.90 Å². The van der Waals surface area contributed by atoms with Crippen LogP contribution >= 0.6 is 0 Å². The molecule has 0 aliphatic carbocycles. The Morgan fingerprint density at radius 2 is 1.37 bits per heavy atom. The van der Waals surface area contributed by atoms with Gasteiger partial charge in [0, 0.05) is 12.1 Å². The van der Waals surface area contributed by atoms with Crippen molar-refractivity contribution in [3.63, 3.8) is 0 Å². The quantitative estimate of drug-likeness (QED) is 0.372. The van der Waals surface area contributed by atoms with Crippen molar-refractivity contribution >= 4 is 33.2 Å². The maximum absolute atomic E-state index is 14.3. The van der Waals surface area contributed by atoms with Gasteiger partial charge in [0.15, 0.2) is 0 Å². The lowest BCUT2D eigenvalue weighted by atomic mass is 9.74. The van der Waals surface area contributed by atoms with Crippen molar-refractivity contribution < 1.29 is 18.0 Å². The van der Waals surface area contributed by atoms with Gasteiger partial charge in [0.2, 0.25) is 11.8 Å². The summed E-state index contributed by atoms with van der Waals surface area (Å²) in [5.74, 6) is -0.819. The van der Waals surface area contributed by atoms with Crippen LogP contribution in [0.15, 0.2) is 108 Å². The number of rotatable bonds is 4. The number of amides is 2. The Labute approximate surface area is 222 Å². The second-order valence-corrected chi connectivity index (χ2v) is 11.7. The van der Waals surface area contributed by atoms with Crippen LogP contribution in [0.2, 0.25) is 0 Å². The zero-order valence-corrected chi connectivity index (χ0v) is 21.7. The molecule has 0 bridgehead atoms. The molecule has 0 saturated carbocycles. The van der Waals surface area contributed by atoms with Gasteiger partial charge in [-0.15, -0.1) is 0 Å². The molecule has 0 N–H and O–H groups in total. The molecule has 2 aliphatic rings. The summed E-state index contributed by atoms with van der Waals surface area (Å²) < 4.78 is 28.6. The van der Waals surface area contributed by atoms with Gasteiger partial charge in [-0.2, -0.15) is 0 Å². The van der Waals surface area contributed by atoms with E-state index >= 15 is 0 Å². The van der Waals surface area contributed by atoms with Crippen LogP contribution in [0, 0.1) is 6.92 Å². The fraction of sp³-hybridized carbons (Fsp3) is 0.161. The lowest BCUT2D eigenvalue weighted by molar-refractivity contribution is -0.128. The topological polar surface area (TPSA) is 74.8 Å². The van der Waals surface area contributed by atoms with E-state index < -0.39 is 21.3 Å². The Hall–Kier alpha value is -4.23. The molecule has 0 saturated heterocycles. The van der Waals surface area contributed by atoms with Crippen LogP contribution in [-0.4, -0.2) is 20.2 Å². The Bertz CT molecular complexity index is 1670. The lowest BCUT2D eigenvalue weighted by Gasteiger charge is -2.27. The van der Waals surface area contributed by atoms with Crippen LogP contribution in [0.1, 0.15) is 28.7 Å². The standard InChI is InChI=1S/C31H26N2O4S/c1-22-15-17-25(18-16-22)38(36,37)33-27-13-7-5-11-24(27)19-31(20-29(33)34)26-12-6-8-14-28(26)32(30(31)35)21-23-9-3-2-4-10-23/h2-18H,19-21H2,1H3/t31-/m0/s1. The third kappa shape index (κ3) is 3.73. The molecule has 1 spiro atoms. The predicted molar refractivity (Wildman–Crippen MR) is 146 cm³/mol. The van der Waals surface area contributed by atoms with E-state index in [9.17, 15) is 18.0 Å². The summed E-state index contributed by atoms with van der Waals surface area (Å²) in [6.07, 6.45) is -0.0378. The fourth-order valence-electron chi connectivity index (χ4n) is 5.65. The number of nitrogens with zero attached hydrogens (tertiary/aromatic N) is 2. The van der Waals surface area contributed by atoms with Gasteiger partial charge in [0.25, 0.3) is 10.0 Å². The summed E-state index contributed by atoms with van der Waals surface area (Å²) in [7, 11) is -4.21. The molecule has 0 unspecified atom stereocenters. The van der Waals surface area contributed by atoms with Gasteiger partial charge in [-0.1, -0.05) is 84.4 Å². The molecule has 38 heavy (non-hydrogen) atoms. The van der Waals surface area contributed by atoms with Crippen molar-refractivity contribution in [3.8, 4) is 0 Å². The van der Waals surface area contributed by atoms with Gasteiger partial charge in [-0.25, -0.2) is 12.7 Å². The summed E-state index contributed by atoms with van der Waals surface area (Å²) >= 11 is 0. The smallest absolute Gasteiger partial charge is 0.270 e. The number of aryl methyl sites for hydroxylation is 1. The highest BCUT2D eigenvalue weighted by Crippen LogP contribution is 2.50. The average molecular weight is 523 g/mol. The first-order chi connectivity index (χ1) is 18.3. The highest BCUT2D eigenvalue weighted by atomic mass is 32.2. The molecule has 1 atom stereocenters. The Kier molecular flexibility index (Phi) is 5.69. The molecular formula is C31H26N2O4S. The van der Waals surface area contributed by atoms with Gasteiger partial charge >= 0.3 is 0 Å². The number of hydrogen-bond donors (Lipinski definition) is 0. The number of hydrogen-bond acceptors (Lipinski definition) is 4. The van der Waals surface area contributed by atoms with E-state index in [1.807, 2.05) is 73.7 Å². The second kappa shape index (κ2) is 8.96. The molecule has 4 aromatic carbocycles. The zero-order chi connectivity index (χ0) is 26.5. The number of carbonyl (C=O) groups is 2. The minimum Gasteiger partial charge on any atom is -0.307 e. The van der Waals surface area contributed by atoms with Crippen LogP contribution in [-0.2, 0) is 38.0 Å². The van der Waals surface area contributed by atoms with Crippen LogP contribution in [0.4, 0.5) is 11.4 Å². The molecule has 2 heterocycles. The van der Waals surface area contributed by atoms with Gasteiger partial charge in [0.1, 0.15) is 0 Å². The average Bonchev–Trinajstić information content (AvgIpc) is 3.04. The summed E-state index contributed by atoms with van der Waals surface area (Å²) in [6, 6.07) is 30.7. The van der Waals surface area contributed by atoms with Gasteiger partial charge in [0.05, 0.1) is 22.5 Å². The number of fused-ring (bicyclic) bond motifs is 3. The maximum Gasteiger partial charge on any atom is 0.270 e. The van der Waals surface area contributed by atoms with Crippen molar-refractivity contribution in [3.05, 3.63) is 125 Å². The minimum atomic E-state index is -4.21. The van der Waals surface area contributed by atoms with E-state index in [1.54, 1.807) is 29.2 Å². The molecule has 2 aliphatic heterocycles.